The van der Waals surface area contributed by atoms with Gasteiger partial charge in [0.2, 0.25) is 5.78 Å². The summed E-state index contributed by atoms with van der Waals surface area (Å²) in [6.45, 7) is 4.07. The van der Waals surface area contributed by atoms with Gasteiger partial charge in [0.05, 0.1) is 39.1 Å². The van der Waals surface area contributed by atoms with Gasteiger partial charge >= 0.3 is 0 Å². The molecule has 0 aromatic heterocycles. The van der Waals surface area contributed by atoms with Gasteiger partial charge in [-0.2, -0.15) is 0 Å². The van der Waals surface area contributed by atoms with Gasteiger partial charge in [-0.25, -0.2) is 0 Å². The molecule has 0 bridgehead atoms. The first kappa shape index (κ1) is 21.1. The predicted octanol–water partition coefficient (Wildman–Crippen LogP) is 3.75. The Morgan fingerprint density at radius 3 is 2.42 bits per heavy atom. The molecule has 0 amide bonds. The van der Waals surface area contributed by atoms with Gasteiger partial charge in [-0.05, 0) is 44.2 Å². The van der Waals surface area contributed by atoms with E-state index in [1.807, 2.05) is 26.0 Å². The Morgan fingerprint density at radius 1 is 1.03 bits per heavy atom. The molecule has 7 nitrogen and oxygen atoms in total. The smallest absolute Gasteiger partial charge is 0.202 e. The summed E-state index contributed by atoms with van der Waals surface area (Å²) in [5.74, 6) is 1.72. The molecule has 2 aliphatic rings. The predicted molar refractivity (Wildman–Crippen MR) is 115 cm³/mol. The first-order valence-corrected chi connectivity index (χ1v) is 10.00. The number of methoxy groups -OCH3 is 3. The highest BCUT2D eigenvalue weighted by Gasteiger charge is 2.45. The van der Waals surface area contributed by atoms with Gasteiger partial charge < -0.3 is 28.8 Å². The maximum atomic E-state index is 13.7. The van der Waals surface area contributed by atoms with Crippen LogP contribution in [0, 0.1) is 0 Å². The molecule has 0 saturated heterocycles. The molecule has 1 N–H and O–H groups in total. The number of Topliss-reactive ketones (excluding diaryl/α,β-unsaturated/α-hetero) is 1. The maximum absolute atomic E-state index is 13.7. The lowest BCUT2D eigenvalue weighted by atomic mass is 9.80. The minimum absolute atomic E-state index is 0.0912. The largest absolute Gasteiger partial charge is 0.495 e. The Labute approximate surface area is 181 Å². The van der Waals surface area contributed by atoms with Crippen molar-refractivity contribution >= 4 is 11.9 Å². The third-order valence-electron chi connectivity index (χ3n) is 5.66. The van der Waals surface area contributed by atoms with Crippen molar-refractivity contribution in [2.45, 2.75) is 31.5 Å². The molecule has 0 fully saturated rings. The molecule has 0 aliphatic carbocycles. The molecule has 0 saturated carbocycles. The fourth-order valence-electron chi connectivity index (χ4n) is 4.03. The average molecular weight is 426 g/mol. The Bertz CT molecular complexity index is 1070. The number of ketones is 1. The molecule has 2 aromatic rings. The topological polar surface area (TPSA) is 83.5 Å². The zero-order valence-corrected chi connectivity index (χ0v) is 18.3. The number of benzene rings is 2. The van der Waals surface area contributed by atoms with Gasteiger partial charge in [0.1, 0.15) is 22.8 Å². The van der Waals surface area contributed by atoms with Crippen LogP contribution in [0.15, 0.2) is 30.3 Å². The summed E-state index contributed by atoms with van der Waals surface area (Å²) >= 11 is 0. The zero-order valence-electron chi connectivity index (χ0n) is 18.3. The van der Waals surface area contributed by atoms with Crippen molar-refractivity contribution in [1.82, 2.24) is 0 Å². The van der Waals surface area contributed by atoms with Gasteiger partial charge in [-0.15, -0.1) is 0 Å². The SMILES string of the molecule is COc1cc2c(cc1OC)[C@@](O)(C(=O)c1ccc3c(c1OC)C=CC(C)(C)O3)CCO2. The van der Waals surface area contributed by atoms with E-state index in [9.17, 15) is 9.90 Å². The normalized spacial score (nSPS) is 20.6. The van der Waals surface area contributed by atoms with E-state index in [-0.39, 0.29) is 18.6 Å². The number of rotatable bonds is 5. The second kappa shape index (κ2) is 7.50. The highest BCUT2D eigenvalue weighted by molar-refractivity contribution is 6.06. The molecule has 0 spiro atoms. The Hall–Kier alpha value is -3.19. The van der Waals surface area contributed by atoms with Crippen LogP contribution in [0.2, 0.25) is 0 Å². The third-order valence-corrected chi connectivity index (χ3v) is 5.66. The van der Waals surface area contributed by atoms with E-state index in [0.717, 1.165) is 0 Å². The Balaban J connectivity index is 1.83. The molecule has 2 aliphatic heterocycles. The van der Waals surface area contributed by atoms with Gasteiger partial charge in [0.25, 0.3) is 0 Å². The lowest BCUT2D eigenvalue weighted by molar-refractivity contribution is 0.00638. The van der Waals surface area contributed by atoms with Crippen LogP contribution in [0.1, 0.15) is 41.8 Å². The van der Waals surface area contributed by atoms with Crippen molar-refractivity contribution in [1.29, 1.82) is 0 Å². The van der Waals surface area contributed by atoms with Crippen molar-refractivity contribution in [3.63, 3.8) is 0 Å². The van der Waals surface area contributed by atoms with E-state index in [0.29, 0.717) is 39.9 Å². The van der Waals surface area contributed by atoms with Crippen molar-refractivity contribution in [2.75, 3.05) is 27.9 Å². The number of ether oxygens (including phenoxy) is 5. The minimum Gasteiger partial charge on any atom is -0.495 e. The summed E-state index contributed by atoms with van der Waals surface area (Å²) in [6, 6.07) is 6.56. The van der Waals surface area contributed by atoms with E-state index in [1.54, 1.807) is 24.3 Å². The first-order valence-electron chi connectivity index (χ1n) is 10.00. The van der Waals surface area contributed by atoms with E-state index >= 15 is 0 Å². The molecule has 7 heteroatoms. The van der Waals surface area contributed by atoms with E-state index in [2.05, 4.69) is 0 Å². The molecule has 0 unspecified atom stereocenters. The van der Waals surface area contributed by atoms with Gasteiger partial charge in [0, 0.05) is 18.1 Å². The molecule has 2 aromatic carbocycles. The van der Waals surface area contributed by atoms with Crippen LogP contribution >= 0.6 is 0 Å². The second-order valence-corrected chi connectivity index (χ2v) is 8.09. The third kappa shape index (κ3) is 3.39. The highest BCUT2D eigenvalue weighted by Crippen LogP contribution is 2.47. The highest BCUT2D eigenvalue weighted by atomic mass is 16.5. The van der Waals surface area contributed by atoms with E-state index < -0.39 is 17.0 Å². The summed E-state index contributed by atoms with van der Waals surface area (Å²) in [5, 5.41) is 11.6. The van der Waals surface area contributed by atoms with Gasteiger partial charge in [0.15, 0.2) is 17.1 Å². The van der Waals surface area contributed by atoms with Crippen LogP contribution in [-0.4, -0.2) is 44.4 Å². The Kier molecular flexibility index (Phi) is 5.09. The van der Waals surface area contributed by atoms with Crippen molar-refractivity contribution in [3.8, 4) is 28.7 Å². The first-order chi connectivity index (χ1) is 14.7. The number of aliphatic hydroxyl groups is 1. The fraction of sp³-hybridized carbons (Fsp3) is 0.375. The number of fused-ring (bicyclic) bond motifs is 2. The number of carbonyl (C=O) groups is 1. The van der Waals surface area contributed by atoms with E-state index in [1.165, 1.54) is 21.3 Å². The average Bonchev–Trinajstić information content (AvgIpc) is 2.76. The molecule has 2 heterocycles. The van der Waals surface area contributed by atoms with E-state index in [4.69, 9.17) is 23.7 Å². The second-order valence-electron chi connectivity index (χ2n) is 8.09. The van der Waals surface area contributed by atoms with Crippen molar-refractivity contribution in [3.05, 3.63) is 47.0 Å². The molecule has 1 atom stereocenters. The van der Waals surface area contributed by atoms with Crippen LogP contribution < -0.4 is 23.7 Å². The number of hydrogen-bond donors (Lipinski definition) is 1. The zero-order chi connectivity index (χ0) is 22.4. The quantitative estimate of drug-likeness (QED) is 0.729. The molecular formula is C24H26O7. The molecule has 164 valence electrons. The van der Waals surface area contributed by atoms with Crippen LogP contribution in [0.25, 0.3) is 6.08 Å². The summed E-state index contributed by atoms with van der Waals surface area (Å²) < 4.78 is 28.0. The van der Waals surface area contributed by atoms with Crippen molar-refractivity contribution in [2.24, 2.45) is 0 Å². The van der Waals surface area contributed by atoms with Crippen LogP contribution in [0.4, 0.5) is 0 Å². The molecule has 0 radical (unpaired) electrons. The summed E-state index contributed by atoms with van der Waals surface area (Å²) in [6.07, 6.45) is 3.87. The summed E-state index contributed by atoms with van der Waals surface area (Å²) in [4.78, 5) is 13.7. The lowest BCUT2D eigenvalue weighted by Crippen LogP contribution is -2.41. The fourth-order valence-corrected chi connectivity index (χ4v) is 4.03. The van der Waals surface area contributed by atoms with Gasteiger partial charge in [-0.1, -0.05) is 0 Å². The number of carbonyl (C=O) groups excluding carboxylic acids is 1. The Morgan fingerprint density at radius 2 is 1.74 bits per heavy atom. The summed E-state index contributed by atoms with van der Waals surface area (Å²) in [5.41, 5.74) is -1.02. The molecular weight excluding hydrogens is 400 g/mol. The van der Waals surface area contributed by atoms with Crippen molar-refractivity contribution < 1.29 is 33.6 Å². The lowest BCUT2D eigenvalue weighted by Gasteiger charge is -2.34. The number of hydrogen-bond acceptors (Lipinski definition) is 7. The summed E-state index contributed by atoms with van der Waals surface area (Å²) in [7, 11) is 4.50. The minimum atomic E-state index is -1.81. The molecule has 31 heavy (non-hydrogen) atoms. The van der Waals surface area contributed by atoms with Crippen LogP contribution in [0.5, 0.6) is 28.7 Å². The van der Waals surface area contributed by atoms with Crippen LogP contribution in [0.3, 0.4) is 0 Å². The maximum Gasteiger partial charge on any atom is 0.202 e. The monoisotopic (exact) mass is 426 g/mol. The van der Waals surface area contributed by atoms with Gasteiger partial charge in [-0.3, -0.25) is 4.79 Å². The molecule has 4 rings (SSSR count). The standard InChI is InChI=1S/C24H26O7/c1-23(2)9-8-14-17(31-23)7-6-15(21(14)29-5)22(25)24(26)10-11-30-18-13-20(28-4)19(27-3)12-16(18)24/h6-9,12-13,26H,10-11H2,1-5H3/t24-/m1/s1. The van der Waals surface area contributed by atoms with Crippen LogP contribution in [-0.2, 0) is 5.60 Å².